The Morgan fingerprint density at radius 1 is 1.55 bits per heavy atom. The van der Waals surface area contributed by atoms with E-state index in [0.717, 1.165) is 37.0 Å². The number of benzene rings is 1. The van der Waals surface area contributed by atoms with Gasteiger partial charge in [-0.25, -0.2) is 0 Å². The van der Waals surface area contributed by atoms with Crippen LogP contribution in [0.3, 0.4) is 0 Å². The Morgan fingerprint density at radius 3 is 3.20 bits per heavy atom. The highest BCUT2D eigenvalue weighted by Crippen LogP contribution is 2.33. The molecule has 0 saturated carbocycles. The van der Waals surface area contributed by atoms with E-state index in [1.807, 2.05) is 6.08 Å². The van der Waals surface area contributed by atoms with Crippen molar-refractivity contribution >= 4 is 22.6 Å². The van der Waals surface area contributed by atoms with Crippen molar-refractivity contribution in [2.45, 2.75) is 19.3 Å². The molecule has 108 valence electrons. The average Bonchev–Trinajstić information content (AvgIpc) is 2.88. The highest BCUT2D eigenvalue weighted by molar-refractivity contribution is 8.13. The maximum atomic E-state index is 4.68. The third-order valence-electron chi connectivity index (χ3n) is 3.35. The summed E-state index contributed by atoms with van der Waals surface area (Å²) in [6.45, 7) is 8.55. The molecule has 0 saturated heterocycles. The summed E-state index contributed by atoms with van der Waals surface area (Å²) in [6, 6.07) is 8.58. The fourth-order valence-electron chi connectivity index (χ4n) is 2.39. The van der Waals surface area contributed by atoms with E-state index in [4.69, 9.17) is 0 Å². The maximum Gasteiger partial charge on any atom is 0.156 e. The lowest BCUT2D eigenvalue weighted by Gasteiger charge is -2.10. The van der Waals surface area contributed by atoms with E-state index in [-0.39, 0.29) is 0 Å². The molecular formula is C16H23N3S. The van der Waals surface area contributed by atoms with E-state index >= 15 is 0 Å². The van der Waals surface area contributed by atoms with Crippen molar-refractivity contribution in [3.05, 3.63) is 42.5 Å². The first-order chi connectivity index (χ1) is 9.85. The van der Waals surface area contributed by atoms with Crippen molar-refractivity contribution in [3.63, 3.8) is 0 Å². The number of nitrogens with zero attached hydrogens (tertiary/aromatic N) is 1. The molecule has 0 unspecified atom stereocenters. The molecule has 1 heterocycles. The van der Waals surface area contributed by atoms with Gasteiger partial charge in [0.1, 0.15) is 0 Å². The van der Waals surface area contributed by atoms with Gasteiger partial charge in [0.2, 0.25) is 0 Å². The number of aliphatic imine (C=N–C) groups is 1. The molecule has 0 amide bonds. The van der Waals surface area contributed by atoms with Crippen LogP contribution in [0.4, 0.5) is 5.69 Å². The summed E-state index contributed by atoms with van der Waals surface area (Å²) < 4.78 is 0. The average molecular weight is 289 g/mol. The molecule has 2 rings (SSSR count). The third kappa shape index (κ3) is 4.04. The number of anilines is 1. The quantitative estimate of drug-likeness (QED) is 0.478. The zero-order chi connectivity index (χ0) is 14.2. The summed E-state index contributed by atoms with van der Waals surface area (Å²) in [5, 5.41) is 7.79. The molecule has 1 aromatic carbocycles. The highest BCUT2D eigenvalue weighted by Gasteiger charge is 2.20. The van der Waals surface area contributed by atoms with Crippen molar-refractivity contribution < 1.29 is 0 Å². The summed E-state index contributed by atoms with van der Waals surface area (Å²) >= 11 is 1.76. The molecule has 1 aliphatic heterocycles. The first kappa shape index (κ1) is 15.0. The Labute approximate surface area is 126 Å². The van der Waals surface area contributed by atoms with Gasteiger partial charge in [0.05, 0.1) is 0 Å². The molecule has 20 heavy (non-hydrogen) atoms. The van der Waals surface area contributed by atoms with Crippen molar-refractivity contribution in [3.8, 4) is 0 Å². The fraction of sp³-hybridized carbons (Fsp3) is 0.438. The number of fused-ring (bicyclic) bond motifs is 1. The van der Waals surface area contributed by atoms with Crippen LogP contribution in [0.5, 0.6) is 0 Å². The number of amidine groups is 1. The standard InChI is InChI=1S/C16H23N3S/c1-3-10-17-16(20-4-2)18-11-9-13-12-19-15-8-6-5-7-14(13)15/h3,5-8,13,19H,1,4,9-12H2,2H3,(H,17,18)/t13-/m1/s1. The van der Waals surface area contributed by atoms with E-state index in [0.29, 0.717) is 5.92 Å². The molecule has 3 nitrogen and oxygen atoms in total. The smallest absolute Gasteiger partial charge is 0.156 e. The zero-order valence-corrected chi connectivity index (χ0v) is 12.9. The highest BCUT2D eigenvalue weighted by atomic mass is 32.2. The van der Waals surface area contributed by atoms with E-state index in [2.05, 4.69) is 53.4 Å². The fourth-order valence-corrected chi connectivity index (χ4v) is 3.03. The normalized spacial score (nSPS) is 17.4. The minimum atomic E-state index is 0.585. The van der Waals surface area contributed by atoms with E-state index in [1.54, 1.807) is 11.8 Å². The molecule has 0 aliphatic carbocycles. The van der Waals surface area contributed by atoms with Gasteiger partial charge in [0, 0.05) is 31.2 Å². The molecule has 0 spiro atoms. The molecule has 0 radical (unpaired) electrons. The summed E-state index contributed by atoms with van der Waals surface area (Å²) in [7, 11) is 0. The lowest BCUT2D eigenvalue weighted by Crippen LogP contribution is -2.21. The van der Waals surface area contributed by atoms with Gasteiger partial charge in [-0.05, 0) is 23.8 Å². The van der Waals surface area contributed by atoms with Gasteiger partial charge in [-0.15, -0.1) is 6.58 Å². The molecule has 1 aromatic rings. The van der Waals surface area contributed by atoms with Crippen LogP contribution in [-0.2, 0) is 0 Å². The van der Waals surface area contributed by atoms with E-state index in [9.17, 15) is 0 Å². The first-order valence-corrected chi connectivity index (χ1v) is 8.18. The number of hydrogen-bond acceptors (Lipinski definition) is 3. The van der Waals surface area contributed by atoms with Gasteiger partial charge >= 0.3 is 0 Å². The lowest BCUT2D eigenvalue weighted by atomic mass is 9.98. The Bertz CT molecular complexity index is 471. The number of nitrogens with one attached hydrogen (secondary N) is 2. The largest absolute Gasteiger partial charge is 0.384 e. The predicted octanol–water partition coefficient (Wildman–Crippen LogP) is 3.47. The van der Waals surface area contributed by atoms with Crippen LogP contribution in [0.25, 0.3) is 0 Å². The second-order valence-corrected chi connectivity index (χ2v) is 6.00. The Balaban J connectivity index is 1.87. The van der Waals surface area contributed by atoms with Gasteiger partial charge in [0.25, 0.3) is 0 Å². The number of rotatable bonds is 6. The third-order valence-corrected chi connectivity index (χ3v) is 4.19. The summed E-state index contributed by atoms with van der Waals surface area (Å²) in [6.07, 6.45) is 2.95. The van der Waals surface area contributed by atoms with Crippen LogP contribution in [0.2, 0.25) is 0 Å². The first-order valence-electron chi connectivity index (χ1n) is 7.20. The molecule has 0 bridgehead atoms. The summed E-state index contributed by atoms with van der Waals surface area (Å²) in [5.74, 6) is 1.62. The van der Waals surface area contributed by atoms with Crippen LogP contribution >= 0.6 is 11.8 Å². The molecule has 4 heteroatoms. The molecular weight excluding hydrogens is 266 g/mol. The van der Waals surface area contributed by atoms with Crippen molar-refractivity contribution in [2.75, 3.05) is 30.7 Å². The summed E-state index contributed by atoms with van der Waals surface area (Å²) in [5.41, 5.74) is 2.72. The molecule has 0 fully saturated rings. The van der Waals surface area contributed by atoms with Crippen LogP contribution < -0.4 is 10.6 Å². The molecule has 2 N–H and O–H groups in total. The predicted molar refractivity (Wildman–Crippen MR) is 90.9 cm³/mol. The van der Waals surface area contributed by atoms with Gasteiger partial charge in [0.15, 0.2) is 5.17 Å². The van der Waals surface area contributed by atoms with E-state index < -0.39 is 0 Å². The van der Waals surface area contributed by atoms with Gasteiger partial charge < -0.3 is 10.6 Å². The number of hydrogen-bond donors (Lipinski definition) is 2. The Hall–Kier alpha value is -1.42. The van der Waals surface area contributed by atoms with Gasteiger partial charge in [-0.2, -0.15) is 0 Å². The van der Waals surface area contributed by atoms with Crippen LogP contribution in [0, 0.1) is 0 Å². The van der Waals surface area contributed by atoms with Gasteiger partial charge in [-0.3, -0.25) is 4.99 Å². The molecule has 0 aromatic heterocycles. The zero-order valence-electron chi connectivity index (χ0n) is 12.1. The monoisotopic (exact) mass is 289 g/mol. The minimum absolute atomic E-state index is 0.585. The topological polar surface area (TPSA) is 36.4 Å². The minimum Gasteiger partial charge on any atom is -0.384 e. The summed E-state index contributed by atoms with van der Waals surface area (Å²) in [4.78, 5) is 4.68. The Morgan fingerprint density at radius 2 is 2.40 bits per heavy atom. The van der Waals surface area contributed by atoms with Crippen LogP contribution in [0.1, 0.15) is 24.8 Å². The maximum absolute atomic E-state index is 4.68. The number of para-hydroxylation sites is 1. The van der Waals surface area contributed by atoms with Crippen LogP contribution in [0.15, 0.2) is 41.9 Å². The van der Waals surface area contributed by atoms with E-state index in [1.165, 1.54) is 11.3 Å². The lowest BCUT2D eigenvalue weighted by molar-refractivity contribution is 0.686. The second kappa shape index (κ2) is 8.00. The van der Waals surface area contributed by atoms with Crippen molar-refractivity contribution in [1.82, 2.24) is 5.32 Å². The molecule has 1 aliphatic rings. The Kier molecular flexibility index (Phi) is 5.99. The van der Waals surface area contributed by atoms with Crippen molar-refractivity contribution in [1.29, 1.82) is 0 Å². The number of thioether (sulfide) groups is 1. The van der Waals surface area contributed by atoms with Crippen molar-refractivity contribution in [2.24, 2.45) is 4.99 Å². The molecule has 1 atom stereocenters. The second-order valence-electron chi connectivity index (χ2n) is 4.74. The van der Waals surface area contributed by atoms with Crippen LogP contribution in [-0.4, -0.2) is 30.6 Å². The SMILES string of the molecule is C=CCNC(=NCC[C@@H]1CNc2ccccc21)SCC. The van der Waals surface area contributed by atoms with Gasteiger partial charge in [-0.1, -0.05) is 43.0 Å².